The molecule has 17 heavy (non-hydrogen) atoms. The van der Waals surface area contributed by atoms with Gasteiger partial charge in [-0.15, -0.1) is 11.3 Å². The zero-order chi connectivity index (χ0) is 11.7. The average Bonchev–Trinajstić information content (AvgIpc) is 2.40. The Labute approximate surface area is 104 Å². The molecule has 0 saturated carbocycles. The number of benzene rings is 2. The molecule has 3 aromatic rings. The maximum absolute atomic E-state index is 8.06. The van der Waals surface area contributed by atoms with Crippen molar-refractivity contribution in [1.82, 2.24) is 0 Å². The molecule has 0 radical (unpaired) electrons. The highest BCUT2D eigenvalue weighted by atomic mass is 32.1. The Balaban J connectivity index is 2.30. The topological polar surface area (TPSA) is 23.9 Å². The van der Waals surface area contributed by atoms with Gasteiger partial charge in [0.1, 0.15) is 0 Å². The zero-order valence-electron chi connectivity index (χ0n) is 9.18. The van der Waals surface area contributed by atoms with Gasteiger partial charge in [0.25, 0.3) is 0 Å². The molecule has 0 aliphatic heterocycles. The molecule has 2 aromatic carbocycles. The van der Waals surface area contributed by atoms with Crippen molar-refractivity contribution in [3.8, 4) is 10.4 Å². The summed E-state index contributed by atoms with van der Waals surface area (Å²) in [6.45, 7) is 0. The number of hydrogen-bond acceptors (Lipinski definition) is 2. The van der Waals surface area contributed by atoms with Crippen molar-refractivity contribution in [1.29, 1.82) is 5.41 Å². The summed E-state index contributed by atoms with van der Waals surface area (Å²) in [5, 5.41) is 9.68. The zero-order valence-corrected chi connectivity index (χ0v) is 10.00. The Bertz CT molecular complexity index is 714. The number of nitrogens with one attached hydrogen (secondary N) is 1. The summed E-state index contributed by atoms with van der Waals surface area (Å²) in [5.74, 6) is 0. The molecule has 82 valence electrons. The molecule has 0 fully saturated rings. The molecule has 0 bridgehead atoms. The minimum atomic E-state index is 0.596. The third kappa shape index (κ3) is 1.87. The quantitative estimate of drug-likeness (QED) is 0.660. The van der Waals surface area contributed by atoms with Crippen LogP contribution in [0.15, 0.2) is 60.7 Å². The Morgan fingerprint density at radius 3 is 2.35 bits per heavy atom. The highest BCUT2D eigenvalue weighted by Crippen LogP contribution is 2.27. The maximum atomic E-state index is 8.06. The van der Waals surface area contributed by atoms with E-state index in [0.717, 1.165) is 10.3 Å². The van der Waals surface area contributed by atoms with Gasteiger partial charge in [0.15, 0.2) is 0 Å². The van der Waals surface area contributed by atoms with Gasteiger partial charge in [-0.2, -0.15) is 0 Å². The van der Waals surface area contributed by atoms with Gasteiger partial charge in [-0.25, -0.2) is 0 Å². The second kappa shape index (κ2) is 4.15. The largest absolute Gasteiger partial charge is 0.300 e. The first-order valence-electron chi connectivity index (χ1n) is 5.47. The van der Waals surface area contributed by atoms with E-state index < -0.39 is 0 Å². The molecule has 1 N–H and O–H groups in total. The summed E-state index contributed by atoms with van der Waals surface area (Å²) in [6, 6.07) is 20.3. The highest BCUT2D eigenvalue weighted by molar-refractivity contribution is 7.21. The first-order chi connectivity index (χ1) is 8.34. The van der Waals surface area contributed by atoms with Crippen LogP contribution in [0.5, 0.6) is 0 Å². The van der Waals surface area contributed by atoms with E-state index in [2.05, 4.69) is 18.2 Å². The molecule has 0 spiro atoms. The van der Waals surface area contributed by atoms with Gasteiger partial charge in [0.2, 0.25) is 0 Å². The fraction of sp³-hybridized carbons (Fsp3) is 0. The third-order valence-electron chi connectivity index (χ3n) is 2.73. The number of fused-ring (bicyclic) bond motifs is 1. The van der Waals surface area contributed by atoms with Crippen LogP contribution in [0, 0.1) is 5.41 Å². The molecule has 0 aliphatic carbocycles. The summed E-state index contributed by atoms with van der Waals surface area (Å²) in [5.41, 5.74) is 1.18. The second-order valence-electron chi connectivity index (χ2n) is 3.89. The molecule has 3 rings (SSSR count). The molecule has 1 nitrogen and oxygen atoms in total. The predicted molar refractivity (Wildman–Crippen MR) is 73.1 cm³/mol. The fourth-order valence-corrected chi connectivity index (χ4v) is 2.98. The van der Waals surface area contributed by atoms with Crippen LogP contribution >= 0.6 is 11.3 Å². The summed E-state index contributed by atoms with van der Waals surface area (Å²) < 4.78 is 1.17. The molecule has 0 aliphatic rings. The minimum Gasteiger partial charge on any atom is -0.300 e. The first kappa shape index (κ1) is 10.2. The van der Waals surface area contributed by atoms with Gasteiger partial charge in [0.05, 0.1) is 5.36 Å². The van der Waals surface area contributed by atoms with Gasteiger partial charge >= 0.3 is 0 Å². The molecular weight excluding hydrogens is 226 g/mol. The monoisotopic (exact) mass is 237 g/mol. The lowest BCUT2D eigenvalue weighted by Crippen LogP contribution is -1.98. The first-order valence-corrected chi connectivity index (χ1v) is 6.29. The van der Waals surface area contributed by atoms with Gasteiger partial charge in [-0.1, -0.05) is 48.5 Å². The van der Waals surface area contributed by atoms with E-state index >= 15 is 0 Å². The van der Waals surface area contributed by atoms with Crippen molar-refractivity contribution in [2.24, 2.45) is 0 Å². The molecule has 1 heterocycles. The lowest BCUT2D eigenvalue weighted by atomic mass is 10.1. The van der Waals surface area contributed by atoms with Gasteiger partial charge in [0, 0.05) is 15.0 Å². The van der Waals surface area contributed by atoms with E-state index in [1.165, 1.54) is 10.3 Å². The van der Waals surface area contributed by atoms with Crippen LogP contribution < -0.4 is 5.36 Å². The summed E-state index contributed by atoms with van der Waals surface area (Å²) >= 11 is 1.73. The SMILES string of the molecule is N=c1cc(-c2ccccc2)sc2ccccc12. The van der Waals surface area contributed by atoms with Crippen molar-refractivity contribution >= 4 is 21.4 Å². The molecule has 0 atom stereocenters. The van der Waals surface area contributed by atoms with Gasteiger partial charge in [-0.3, -0.25) is 0 Å². The standard InChI is InChI=1S/C15H11NS/c16-13-10-15(11-6-2-1-3-7-11)17-14-9-5-4-8-12(13)14/h1-10,16H. The van der Waals surface area contributed by atoms with Crippen molar-refractivity contribution in [3.63, 3.8) is 0 Å². The van der Waals surface area contributed by atoms with Crippen LogP contribution in [0.3, 0.4) is 0 Å². The molecule has 0 amide bonds. The summed E-state index contributed by atoms with van der Waals surface area (Å²) in [4.78, 5) is 1.15. The summed E-state index contributed by atoms with van der Waals surface area (Å²) in [7, 11) is 0. The third-order valence-corrected chi connectivity index (χ3v) is 3.88. The normalized spacial score (nSPS) is 10.6. The smallest absolute Gasteiger partial charge is 0.0640 e. The molecule has 0 saturated heterocycles. The number of rotatable bonds is 1. The molecule has 2 heteroatoms. The maximum Gasteiger partial charge on any atom is 0.0640 e. The van der Waals surface area contributed by atoms with E-state index in [4.69, 9.17) is 5.41 Å². The van der Waals surface area contributed by atoms with Gasteiger partial charge in [-0.05, 0) is 17.7 Å². The van der Waals surface area contributed by atoms with Crippen LogP contribution in [-0.4, -0.2) is 0 Å². The fourth-order valence-electron chi connectivity index (χ4n) is 1.88. The highest BCUT2D eigenvalue weighted by Gasteiger charge is 2.01. The number of hydrogen-bond donors (Lipinski definition) is 1. The van der Waals surface area contributed by atoms with E-state index in [0.29, 0.717) is 5.36 Å². The molecule has 1 aromatic heterocycles. The van der Waals surface area contributed by atoms with Crippen molar-refractivity contribution in [2.45, 2.75) is 0 Å². The predicted octanol–water partition coefficient (Wildman–Crippen LogP) is 4.05. The van der Waals surface area contributed by atoms with E-state index in [1.54, 1.807) is 11.3 Å². The van der Waals surface area contributed by atoms with E-state index in [-0.39, 0.29) is 0 Å². The lowest BCUT2D eigenvalue weighted by molar-refractivity contribution is 1.32. The van der Waals surface area contributed by atoms with Crippen molar-refractivity contribution in [3.05, 3.63) is 66.0 Å². The Morgan fingerprint density at radius 1 is 0.824 bits per heavy atom. The Kier molecular flexibility index (Phi) is 2.50. The van der Waals surface area contributed by atoms with Crippen LogP contribution in [0.1, 0.15) is 0 Å². The Hall–Kier alpha value is -1.93. The van der Waals surface area contributed by atoms with Crippen molar-refractivity contribution < 1.29 is 0 Å². The molecule has 0 unspecified atom stereocenters. The lowest BCUT2D eigenvalue weighted by Gasteiger charge is -2.03. The Morgan fingerprint density at radius 2 is 1.53 bits per heavy atom. The van der Waals surface area contributed by atoms with Crippen LogP contribution in [0.25, 0.3) is 20.5 Å². The summed E-state index contributed by atoms with van der Waals surface area (Å²) in [6.07, 6.45) is 0. The van der Waals surface area contributed by atoms with Gasteiger partial charge < -0.3 is 5.41 Å². The van der Waals surface area contributed by atoms with Crippen LogP contribution in [0.4, 0.5) is 0 Å². The van der Waals surface area contributed by atoms with Crippen molar-refractivity contribution in [2.75, 3.05) is 0 Å². The van der Waals surface area contributed by atoms with Crippen LogP contribution in [0.2, 0.25) is 0 Å². The van der Waals surface area contributed by atoms with E-state index in [1.807, 2.05) is 42.5 Å². The second-order valence-corrected chi connectivity index (χ2v) is 4.97. The molecular formula is C15H11NS. The minimum absolute atomic E-state index is 0.596. The average molecular weight is 237 g/mol. The van der Waals surface area contributed by atoms with E-state index in [9.17, 15) is 0 Å². The van der Waals surface area contributed by atoms with Crippen LogP contribution in [-0.2, 0) is 0 Å².